The largest absolute Gasteiger partial charge is 0.481 e. The summed E-state index contributed by atoms with van der Waals surface area (Å²) in [5.41, 5.74) is 0. The number of nitrogens with zero attached hydrogens (tertiary/aromatic N) is 1. The van der Waals surface area contributed by atoms with Crippen LogP contribution in [0.4, 0.5) is 0 Å². The van der Waals surface area contributed by atoms with Crippen LogP contribution in [0.25, 0.3) is 0 Å². The molecule has 5 atom stereocenters. The number of carbonyl (C=O) groups excluding carboxylic acids is 1. The van der Waals surface area contributed by atoms with Crippen molar-refractivity contribution in [1.29, 1.82) is 0 Å². The molecule has 3 N–H and O–H groups in total. The topological polar surface area (TPSA) is 98.1 Å². The molecular formula is C13H21NO5. The summed E-state index contributed by atoms with van der Waals surface area (Å²) in [6.07, 6.45) is 0.167. The van der Waals surface area contributed by atoms with Gasteiger partial charge in [-0.05, 0) is 18.8 Å². The lowest BCUT2D eigenvalue weighted by molar-refractivity contribution is -0.148. The molecule has 1 aliphatic heterocycles. The minimum absolute atomic E-state index is 0.0969. The van der Waals surface area contributed by atoms with Gasteiger partial charge in [-0.3, -0.25) is 9.59 Å². The second-order valence-corrected chi connectivity index (χ2v) is 5.67. The number of aliphatic hydroxyl groups excluding tert-OH is 2. The highest BCUT2D eigenvalue weighted by atomic mass is 16.4. The first-order valence-electron chi connectivity index (χ1n) is 6.81. The lowest BCUT2D eigenvalue weighted by atomic mass is 9.95. The third-order valence-corrected chi connectivity index (χ3v) is 4.44. The lowest BCUT2D eigenvalue weighted by Gasteiger charge is -2.22. The van der Waals surface area contributed by atoms with Gasteiger partial charge in [-0.25, -0.2) is 0 Å². The van der Waals surface area contributed by atoms with E-state index in [9.17, 15) is 24.9 Å². The molecule has 0 radical (unpaired) electrons. The van der Waals surface area contributed by atoms with Crippen molar-refractivity contribution in [2.45, 2.75) is 38.4 Å². The molecule has 0 aromatic heterocycles. The van der Waals surface area contributed by atoms with Gasteiger partial charge in [0.25, 0.3) is 0 Å². The number of aliphatic carboxylic acids is 1. The van der Waals surface area contributed by atoms with Crippen molar-refractivity contribution in [3.05, 3.63) is 0 Å². The summed E-state index contributed by atoms with van der Waals surface area (Å²) in [6, 6.07) is 0. The van der Waals surface area contributed by atoms with Crippen LogP contribution in [0, 0.1) is 17.8 Å². The van der Waals surface area contributed by atoms with Crippen LogP contribution in [0.2, 0.25) is 0 Å². The molecular weight excluding hydrogens is 250 g/mol. The normalized spacial score (nSPS) is 38.7. The van der Waals surface area contributed by atoms with E-state index in [-0.39, 0.29) is 24.9 Å². The molecule has 108 valence electrons. The number of carboxylic acids is 1. The van der Waals surface area contributed by atoms with Gasteiger partial charge in [-0.15, -0.1) is 0 Å². The Balaban J connectivity index is 2.07. The first kappa shape index (κ1) is 14.3. The maximum absolute atomic E-state index is 12.4. The van der Waals surface area contributed by atoms with Crippen LogP contribution >= 0.6 is 0 Å². The van der Waals surface area contributed by atoms with Gasteiger partial charge in [0.05, 0.1) is 24.0 Å². The van der Waals surface area contributed by atoms with E-state index in [1.54, 1.807) is 0 Å². The number of carboxylic acid groups (broad SMARTS) is 1. The van der Waals surface area contributed by atoms with Crippen molar-refractivity contribution >= 4 is 11.9 Å². The number of hydrogen-bond acceptors (Lipinski definition) is 4. The second kappa shape index (κ2) is 5.46. The van der Waals surface area contributed by atoms with Gasteiger partial charge in [0.15, 0.2) is 0 Å². The Hall–Kier alpha value is -1.14. The fraction of sp³-hybridized carbons (Fsp3) is 0.846. The van der Waals surface area contributed by atoms with Gasteiger partial charge in [0.2, 0.25) is 5.91 Å². The maximum Gasteiger partial charge on any atom is 0.307 e. The number of likely N-dealkylation sites (tertiary alicyclic amines) is 1. The first-order valence-corrected chi connectivity index (χ1v) is 6.81. The number of β-amino-alcohol motifs (C(OH)–C–C–N with tert-alkyl or cyclic N) is 2. The van der Waals surface area contributed by atoms with E-state index in [0.29, 0.717) is 12.8 Å². The van der Waals surface area contributed by atoms with Gasteiger partial charge in [-0.1, -0.05) is 13.3 Å². The van der Waals surface area contributed by atoms with Crippen LogP contribution in [0.3, 0.4) is 0 Å². The summed E-state index contributed by atoms with van der Waals surface area (Å²) in [5.74, 6) is -2.03. The summed E-state index contributed by atoms with van der Waals surface area (Å²) in [5, 5.41) is 28.2. The summed E-state index contributed by atoms with van der Waals surface area (Å²) < 4.78 is 0. The smallest absolute Gasteiger partial charge is 0.307 e. The summed E-state index contributed by atoms with van der Waals surface area (Å²) in [6.45, 7) is 2.19. The quantitative estimate of drug-likeness (QED) is 0.654. The number of aliphatic hydroxyl groups is 2. The summed E-state index contributed by atoms with van der Waals surface area (Å²) in [4.78, 5) is 25.0. The molecule has 0 aromatic carbocycles. The zero-order valence-electron chi connectivity index (χ0n) is 11.0. The third kappa shape index (κ3) is 2.74. The zero-order chi connectivity index (χ0) is 14.2. The van der Waals surface area contributed by atoms with Crippen LogP contribution < -0.4 is 0 Å². The van der Waals surface area contributed by atoms with Crippen molar-refractivity contribution < 1.29 is 24.9 Å². The molecule has 1 heterocycles. The molecule has 1 aliphatic carbocycles. The standard InChI is InChI=1S/C13H21NO5/c1-2-7-3-8(9(4-7)13(18)19)12(17)14-5-10(15)11(16)6-14/h7-11,15-16H,2-6H2,1H3,(H,18,19). The second-order valence-electron chi connectivity index (χ2n) is 5.67. The molecule has 0 bridgehead atoms. The maximum atomic E-state index is 12.4. The Morgan fingerprint density at radius 2 is 1.63 bits per heavy atom. The van der Waals surface area contributed by atoms with E-state index in [2.05, 4.69) is 0 Å². The van der Waals surface area contributed by atoms with Crippen LogP contribution in [0.15, 0.2) is 0 Å². The van der Waals surface area contributed by atoms with E-state index in [4.69, 9.17) is 0 Å². The minimum Gasteiger partial charge on any atom is -0.481 e. The van der Waals surface area contributed by atoms with E-state index in [0.717, 1.165) is 6.42 Å². The fourth-order valence-electron chi connectivity index (χ4n) is 3.21. The Bertz CT molecular complexity index is 362. The third-order valence-electron chi connectivity index (χ3n) is 4.44. The fourth-order valence-corrected chi connectivity index (χ4v) is 3.21. The predicted octanol–water partition coefficient (Wildman–Crippen LogP) is -0.313. The Morgan fingerprint density at radius 1 is 1.11 bits per heavy atom. The molecule has 6 nitrogen and oxygen atoms in total. The Labute approximate surface area is 112 Å². The highest BCUT2D eigenvalue weighted by Gasteiger charge is 2.45. The van der Waals surface area contributed by atoms with Gasteiger partial charge >= 0.3 is 5.97 Å². The number of amides is 1. The number of carbonyl (C=O) groups is 2. The Kier molecular flexibility index (Phi) is 4.10. The first-order chi connectivity index (χ1) is 8.93. The average Bonchev–Trinajstić information content (AvgIpc) is 2.93. The van der Waals surface area contributed by atoms with Crippen molar-refractivity contribution in [2.24, 2.45) is 17.8 Å². The van der Waals surface area contributed by atoms with E-state index >= 15 is 0 Å². The van der Waals surface area contributed by atoms with Gasteiger partial charge in [0, 0.05) is 13.1 Å². The lowest BCUT2D eigenvalue weighted by Crippen LogP contribution is -2.38. The molecule has 1 saturated heterocycles. The van der Waals surface area contributed by atoms with E-state index in [1.807, 2.05) is 6.92 Å². The summed E-state index contributed by atoms with van der Waals surface area (Å²) in [7, 11) is 0. The SMILES string of the molecule is CCC1CC(C(=O)O)C(C(=O)N2CC(O)C(O)C2)C1. The monoisotopic (exact) mass is 271 g/mol. The van der Waals surface area contributed by atoms with E-state index in [1.165, 1.54) is 4.90 Å². The Morgan fingerprint density at radius 3 is 2.11 bits per heavy atom. The highest BCUT2D eigenvalue weighted by Crippen LogP contribution is 2.39. The zero-order valence-corrected chi connectivity index (χ0v) is 11.0. The van der Waals surface area contributed by atoms with E-state index < -0.39 is 30.0 Å². The molecule has 19 heavy (non-hydrogen) atoms. The molecule has 2 fully saturated rings. The number of rotatable bonds is 3. The average molecular weight is 271 g/mol. The van der Waals surface area contributed by atoms with Crippen molar-refractivity contribution in [3.8, 4) is 0 Å². The molecule has 5 unspecified atom stereocenters. The summed E-state index contributed by atoms with van der Waals surface area (Å²) >= 11 is 0. The van der Waals surface area contributed by atoms with Gasteiger partial charge < -0.3 is 20.2 Å². The van der Waals surface area contributed by atoms with Crippen molar-refractivity contribution in [2.75, 3.05) is 13.1 Å². The molecule has 2 aliphatic rings. The van der Waals surface area contributed by atoms with Gasteiger partial charge in [0.1, 0.15) is 0 Å². The minimum atomic E-state index is -0.922. The molecule has 1 amide bonds. The number of hydrogen-bond donors (Lipinski definition) is 3. The van der Waals surface area contributed by atoms with Crippen LogP contribution in [-0.4, -0.2) is 57.4 Å². The predicted molar refractivity (Wildman–Crippen MR) is 66.2 cm³/mol. The van der Waals surface area contributed by atoms with Crippen molar-refractivity contribution in [3.63, 3.8) is 0 Å². The van der Waals surface area contributed by atoms with Crippen LogP contribution in [0.1, 0.15) is 26.2 Å². The van der Waals surface area contributed by atoms with Crippen molar-refractivity contribution in [1.82, 2.24) is 4.90 Å². The molecule has 6 heteroatoms. The highest BCUT2D eigenvalue weighted by molar-refractivity contribution is 5.85. The molecule has 1 saturated carbocycles. The van der Waals surface area contributed by atoms with Crippen LogP contribution in [-0.2, 0) is 9.59 Å². The molecule has 0 spiro atoms. The van der Waals surface area contributed by atoms with Gasteiger partial charge in [-0.2, -0.15) is 0 Å². The molecule has 2 rings (SSSR count). The van der Waals surface area contributed by atoms with Crippen LogP contribution in [0.5, 0.6) is 0 Å². The molecule has 0 aromatic rings.